The predicted molar refractivity (Wildman–Crippen MR) is 59.0 cm³/mol. The highest BCUT2D eigenvalue weighted by atomic mass is 16.5. The lowest BCUT2D eigenvalue weighted by Crippen LogP contribution is -2.27. The average molecular weight is 207 g/mol. The standard InChI is InChI=1S/C12H17NO2/c1-9-4-3-7-13(12(9)14)8-11-6-5-10(2)15-11/h3-4,7,10-11H,5-6,8H2,1-2H3. The average Bonchev–Trinajstić information content (AvgIpc) is 2.59. The Kier molecular flexibility index (Phi) is 2.91. The van der Waals surface area contributed by atoms with Crippen molar-refractivity contribution in [2.24, 2.45) is 0 Å². The molecule has 1 aromatic heterocycles. The van der Waals surface area contributed by atoms with Gasteiger partial charge in [-0.1, -0.05) is 6.07 Å². The number of ether oxygens (including phenoxy) is 1. The molecule has 0 amide bonds. The summed E-state index contributed by atoms with van der Waals surface area (Å²) in [6.45, 7) is 4.61. The zero-order valence-corrected chi connectivity index (χ0v) is 9.27. The molecule has 3 heteroatoms. The SMILES string of the molecule is Cc1cccn(CC2CCC(C)O2)c1=O. The van der Waals surface area contributed by atoms with Crippen LogP contribution < -0.4 is 5.56 Å². The number of hydrogen-bond donors (Lipinski definition) is 0. The van der Waals surface area contributed by atoms with Crippen LogP contribution in [0.3, 0.4) is 0 Å². The van der Waals surface area contributed by atoms with Crippen LogP contribution in [0.4, 0.5) is 0 Å². The Morgan fingerprint density at radius 2 is 2.33 bits per heavy atom. The van der Waals surface area contributed by atoms with Gasteiger partial charge in [0.1, 0.15) is 0 Å². The van der Waals surface area contributed by atoms with Crippen molar-refractivity contribution in [1.82, 2.24) is 4.57 Å². The van der Waals surface area contributed by atoms with Gasteiger partial charge in [0.25, 0.3) is 5.56 Å². The van der Waals surface area contributed by atoms with Gasteiger partial charge in [0.2, 0.25) is 0 Å². The van der Waals surface area contributed by atoms with Crippen LogP contribution in [0.25, 0.3) is 0 Å². The summed E-state index contributed by atoms with van der Waals surface area (Å²) >= 11 is 0. The smallest absolute Gasteiger partial charge is 0.253 e. The minimum atomic E-state index is 0.0978. The fourth-order valence-electron chi connectivity index (χ4n) is 2.04. The molecule has 15 heavy (non-hydrogen) atoms. The summed E-state index contributed by atoms with van der Waals surface area (Å²) in [5.41, 5.74) is 0.893. The Labute approximate surface area is 89.7 Å². The lowest BCUT2D eigenvalue weighted by atomic mass is 10.2. The Balaban J connectivity index is 2.11. The van der Waals surface area contributed by atoms with E-state index in [1.54, 1.807) is 4.57 Å². The Morgan fingerprint density at radius 3 is 3.00 bits per heavy atom. The second kappa shape index (κ2) is 4.19. The molecular weight excluding hydrogens is 190 g/mol. The van der Waals surface area contributed by atoms with Crippen molar-refractivity contribution in [3.63, 3.8) is 0 Å². The molecule has 1 aliphatic rings. The van der Waals surface area contributed by atoms with Crippen LogP contribution in [0, 0.1) is 6.92 Å². The first-order valence-corrected chi connectivity index (χ1v) is 5.48. The molecule has 0 radical (unpaired) electrons. The first kappa shape index (κ1) is 10.4. The van der Waals surface area contributed by atoms with Gasteiger partial charge in [-0.05, 0) is 32.8 Å². The second-order valence-corrected chi connectivity index (χ2v) is 4.29. The molecule has 2 atom stereocenters. The summed E-state index contributed by atoms with van der Waals surface area (Å²) < 4.78 is 7.45. The molecule has 0 N–H and O–H groups in total. The molecule has 1 aliphatic heterocycles. The largest absolute Gasteiger partial charge is 0.373 e. The second-order valence-electron chi connectivity index (χ2n) is 4.29. The van der Waals surface area contributed by atoms with Crippen LogP contribution in [-0.4, -0.2) is 16.8 Å². The third-order valence-corrected chi connectivity index (χ3v) is 2.93. The molecule has 2 rings (SSSR count). The van der Waals surface area contributed by atoms with Crippen molar-refractivity contribution >= 4 is 0 Å². The molecule has 1 saturated heterocycles. The zero-order chi connectivity index (χ0) is 10.8. The zero-order valence-electron chi connectivity index (χ0n) is 9.27. The highest BCUT2D eigenvalue weighted by molar-refractivity contribution is 5.07. The number of hydrogen-bond acceptors (Lipinski definition) is 2. The van der Waals surface area contributed by atoms with Gasteiger partial charge in [-0.3, -0.25) is 4.79 Å². The number of rotatable bonds is 2. The van der Waals surface area contributed by atoms with E-state index < -0.39 is 0 Å². The third kappa shape index (κ3) is 2.29. The van der Waals surface area contributed by atoms with E-state index in [2.05, 4.69) is 6.92 Å². The van der Waals surface area contributed by atoms with Gasteiger partial charge in [0, 0.05) is 11.8 Å². The molecule has 1 fully saturated rings. The van der Waals surface area contributed by atoms with Crippen LogP contribution in [0.1, 0.15) is 25.3 Å². The van der Waals surface area contributed by atoms with Gasteiger partial charge in [0.15, 0.2) is 0 Å². The molecule has 0 aliphatic carbocycles. The number of nitrogens with zero attached hydrogens (tertiary/aromatic N) is 1. The molecule has 0 aromatic carbocycles. The minimum absolute atomic E-state index is 0.0978. The van der Waals surface area contributed by atoms with Crippen molar-refractivity contribution in [1.29, 1.82) is 0 Å². The molecule has 3 nitrogen and oxygen atoms in total. The van der Waals surface area contributed by atoms with E-state index in [1.165, 1.54) is 0 Å². The van der Waals surface area contributed by atoms with Crippen molar-refractivity contribution in [3.8, 4) is 0 Å². The number of aromatic nitrogens is 1. The normalized spacial score (nSPS) is 25.7. The van der Waals surface area contributed by atoms with Gasteiger partial charge in [-0.15, -0.1) is 0 Å². The maximum atomic E-state index is 11.7. The quantitative estimate of drug-likeness (QED) is 0.739. The molecule has 2 unspecified atom stereocenters. The molecular formula is C12H17NO2. The van der Waals surface area contributed by atoms with E-state index in [0.29, 0.717) is 12.6 Å². The number of aryl methyl sites for hydroxylation is 1. The Hall–Kier alpha value is -1.09. The van der Waals surface area contributed by atoms with Crippen LogP contribution in [0.5, 0.6) is 0 Å². The highest BCUT2D eigenvalue weighted by Crippen LogP contribution is 2.19. The Bertz CT molecular complexity index is 397. The monoisotopic (exact) mass is 207 g/mol. The van der Waals surface area contributed by atoms with Crippen LogP contribution in [-0.2, 0) is 11.3 Å². The first-order chi connectivity index (χ1) is 7.16. The minimum Gasteiger partial charge on any atom is -0.373 e. The predicted octanol–water partition coefficient (Wildman–Crippen LogP) is 1.72. The summed E-state index contributed by atoms with van der Waals surface area (Å²) in [6.07, 6.45) is 4.55. The summed E-state index contributed by atoms with van der Waals surface area (Å²) in [6, 6.07) is 3.76. The van der Waals surface area contributed by atoms with Gasteiger partial charge >= 0.3 is 0 Å². The van der Waals surface area contributed by atoms with E-state index in [4.69, 9.17) is 4.74 Å². The molecule has 2 heterocycles. The molecule has 0 saturated carbocycles. The van der Waals surface area contributed by atoms with Crippen molar-refractivity contribution < 1.29 is 4.74 Å². The molecule has 0 spiro atoms. The van der Waals surface area contributed by atoms with E-state index in [0.717, 1.165) is 18.4 Å². The van der Waals surface area contributed by atoms with Gasteiger partial charge in [-0.25, -0.2) is 0 Å². The van der Waals surface area contributed by atoms with E-state index in [9.17, 15) is 4.79 Å². The molecule has 82 valence electrons. The maximum Gasteiger partial charge on any atom is 0.253 e. The molecule has 0 bridgehead atoms. The fraction of sp³-hybridized carbons (Fsp3) is 0.583. The van der Waals surface area contributed by atoms with Crippen LogP contribution >= 0.6 is 0 Å². The number of pyridine rings is 1. The highest BCUT2D eigenvalue weighted by Gasteiger charge is 2.22. The fourth-order valence-corrected chi connectivity index (χ4v) is 2.04. The van der Waals surface area contributed by atoms with Crippen LogP contribution in [0.2, 0.25) is 0 Å². The first-order valence-electron chi connectivity index (χ1n) is 5.48. The van der Waals surface area contributed by atoms with Crippen LogP contribution in [0.15, 0.2) is 23.1 Å². The summed E-state index contributed by atoms with van der Waals surface area (Å²) in [5, 5.41) is 0. The van der Waals surface area contributed by atoms with Crippen molar-refractivity contribution in [3.05, 3.63) is 34.2 Å². The topological polar surface area (TPSA) is 31.2 Å². The maximum absolute atomic E-state index is 11.7. The lowest BCUT2D eigenvalue weighted by molar-refractivity contribution is 0.0452. The third-order valence-electron chi connectivity index (χ3n) is 2.93. The van der Waals surface area contributed by atoms with Gasteiger partial charge < -0.3 is 9.30 Å². The van der Waals surface area contributed by atoms with Crippen molar-refractivity contribution in [2.45, 2.75) is 45.4 Å². The van der Waals surface area contributed by atoms with E-state index >= 15 is 0 Å². The van der Waals surface area contributed by atoms with Crippen molar-refractivity contribution in [2.75, 3.05) is 0 Å². The lowest BCUT2D eigenvalue weighted by Gasteiger charge is -2.13. The summed E-state index contributed by atoms with van der Waals surface area (Å²) in [4.78, 5) is 11.7. The summed E-state index contributed by atoms with van der Waals surface area (Å²) in [5.74, 6) is 0. The molecule has 1 aromatic rings. The van der Waals surface area contributed by atoms with Gasteiger partial charge in [0.05, 0.1) is 18.8 Å². The van der Waals surface area contributed by atoms with Gasteiger partial charge in [-0.2, -0.15) is 0 Å². The van der Waals surface area contributed by atoms with E-state index in [-0.39, 0.29) is 11.7 Å². The Morgan fingerprint density at radius 1 is 1.53 bits per heavy atom. The summed E-state index contributed by atoms with van der Waals surface area (Å²) in [7, 11) is 0. The van der Waals surface area contributed by atoms with E-state index in [1.807, 2.05) is 25.3 Å².